The van der Waals surface area contributed by atoms with E-state index in [1.54, 1.807) is 12.4 Å². The molecule has 5 nitrogen and oxygen atoms in total. The van der Waals surface area contributed by atoms with Crippen LogP contribution in [-0.4, -0.2) is 25.5 Å². The van der Waals surface area contributed by atoms with Gasteiger partial charge in [0.15, 0.2) is 14.1 Å². The number of ether oxygens (including phenoxy) is 1. The van der Waals surface area contributed by atoms with Crippen LogP contribution >= 0.6 is 0 Å². The molecule has 1 aromatic rings. The minimum atomic E-state index is -1.81. The molecule has 6 heteroatoms. The topological polar surface area (TPSA) is 74.4 Å². The molecule has 0 spiro atoms. The first kappa shape index (κ1) is 19.9. The maximum Gasteiger partial charge on any atom is 0.410 e. The molecule has 0 aliphatic heterocycles. The maximum absolute atomic E-state index is 11.2. The van der Waals surface area contributed by atoms with Crippen LogP contribution in [0, 0.1) is 5.92 Å². The number of amides is 1. The van der Waals surface area contributed by atoms with Crippen molar-refractivity contribution in [3.8, 4) is 5.75 Å². The van der Waals surface area contributed by atoms with Gasteiger partial charge in [0.05, 0.1) is 6.20 Å². The molecule has 2 rings (SSSR count). The summed E-state index contributed by atoms with van der Waals surface area (Å²) < 4.78 is 11.8. The number of aromatic nitrogens is 1. The van der Waals surface area contributed by atoms with E-state index in [9.17, 15) is 4.79 Å². The third kappa shape index (κ3) is 5.04. The molecule has 3 unspecified atom stereocenters. The van der Waals surface area contributed by atoms with E-state index in [0.29, 0.717) is 11.7 Å². The SMILES string of the molecule is CC1CC(O[Si](C)(C)C(C)(C)C)CC(c2ccncc2OC(N)=O)C1. The minimum Gasteiger partial charge on any atom is -0.414 e. The molecule has 1 aromatic heterocycles. The molecule has 1 saturated carbocycles. The summed E-state index contributed by atoms with van der Waals surface area (Å²) in [5, 5.41) is 0.195. The number of carbonyl (C=O) groups is 1. The fraction of sp³-hybridized carbons (Fsp3) is 0.684. The van der Waals surface area contributed by atoms with Gasteiger partial charge in [-0.15, -0.1) is 0 Å². The second kappa shape index (κ2) is 7.46. The summed E-state index contributed by atoms with van der Waals surface area (Å²) in [4.78, 5) is 15.2. The number of rotatable bonds is 4. The molecule has 25 heavy (non-hydrogen) atoms. The van der Waals surface area contributed by atoms with Gasteiger partial charge in [0, 0.05) is 17.9 Å². The van der Waals surface area contributed by atoms with Crippen LogP contribution in [-0.2, 0) is 4.43 Å². The zero-order valence-electron chi connectivity index (χ0n) is 16.3. The summed E-state index contributed by atoms with van der Waals surface area (Å²) in [5.41, 5.74) is 6.20. The Balaban J connectivity index is 2.20. The van der Waals surface area contributed by atoms with Crippen molar-refractivity contribution < 1.29 is 14.0 Å². The van der Waals surface area contributed by atoms with Crippen molar-refractivity contribution >= 4 is 14.4 Å². The van der Waals surface area contributed by atoms with Crippen LogP contribution in [0.25, 0.3) is 0 Å². The Kier molecular flexibility index (Phi) is 5.94. The number of pyridine rings is 1. The van der Waals surface area contributed by atoms with E-state index in [-0.39, 0.29) is 17.1 Å². The zero-order chi connectivity index (χ0) is 18.8. The lowest BCUT2D eigenvalue weighted by Gasteiger charge is -2.43. The summed E-state index contributed by atoms with van der Waals surface area (Å²) in [5.74, 6) is 1.32. The van der Waals surface area contributed by atoms with E-state index in [1.165, 1.54) is 0 Å². The van der Waals surface area contributed by atoms with Crippen LogP contribution in [0.4, 0.5) is 4.79 Å². The summed E-state index contributed by atoms with van der Waals surface area (Å²) in [7, 11) is -1.81. The van der Waals surface area contributed by atoms with Crippen molar-refractivity contribution in [2.75, 3.05) is 0 Å². The Morgan fingerprint density at radius 2 is 1.96 bits per heavy atom. The molecule has 0 radical (unpaired) electrons. The molecule has 1 heterocycles. The van der Waals surface area contributed by atoms with E-state index in [4.69, 9.17) is 14.9 Å². The van der Waals surface area contributed by atoms with Crippen molar-refractivity contribution in [1.82, 2.24) is 4.98 Å². The van der Waals surface area contributed by atoms with E-state index >= 15 is 0 Å². The molecule has 1 amide bonds. The van der Waals surface area contributed by atoms with Crippen molar-refractivity contribution in [1.29, 1.82) is 0 Å². The first-order chi connectivity index (χ1) is 11.5. The van der Waals surface area contributed by atoms with E-state index in [0.717, 1.165) is 24.8 Å². The first-order valence-corrected chi connectivity index (χ1v) is 12.0. The number of hydrogen-bond donors (Lipinski definition) is 1. The Hall–Kier alpha value is -1.40. The summed E-state index contributed by atoms with van der Waals surface area (Å²) in [6.45, 7) is 13.7. The molecule has 0 aromatic carbocycles. The highest BCUT2D eigenvalue weighted by Gasteiger charge is 2.41. The molecular formula is C19H32N2O3Si. The first-order valence-electron chi connectivity index (χ1n) is 9.08. The van der Waals surface area contributed by atoms with Gasteiger partial charge in [-0.05, 0) is 55.3 Å². The van der Waals surface area contributed by atoms with Gasteiger partial charge in [-0.3, -0.25) is 4.98 Å². The number of nitrogens with two attached hydrogens (primary N) is 1. The fourth-order valence-corrected chi connectivity index (χ4v) is 4.79. The van der Waals surface area contributed by atoms with Crippen LogP contribution < -0.4 is 10.5 Å². The fourth-order valence-electron chi connectivity index (χ4n) is 3.41. The highest BCUT2D eigenvalue weighted by atomic mass is 28.4. The average molecular weight is 365 g/mol. The van der Waals surface area contributed by atoms with E-state index in [1.807, 2.05) is 6.07 Å². The van der Waals surface area contributed by atoms with Gasteiger partial charge < -0.3 is 14.9 Å². The van der Waals surface area contributed by atoms with Crippen molar-refractivity contribution in [3.63, 3.8) is 0 Å². The minimum absolute atomic E-state index is 0.195. The second-order valence-electron chi connectivity index (χ2n) is 8.84. The summed E-state index contributed by atoms with van der Waals surface area (Å²) in [6, 6.07) is 1.93. The van der Waals surface area contributed by atoms with Gasteiger partial charge in [-0.1, -0.05) is 27.7 Å². The van der Waals surface area contributed by atoms with Crippen molar-refractivity contribution in [3.05, 3.63) is 24.0 Å². The Morgan fingerprint density at radius 3 is 2.56 bits per heavy atom. The predicted molar refractivity (Wildman–Crippen MR) is 102 cm³/mol. The van der Waals surface area contributed by atoms with Gasteiger partial charge in [-0.25, -0.2) is 4.79 Å². The average Bonchev–Trinajstić information content (AvgIpc) is 2.44. The molecule has 1 aliphatic rings. The van der Waals surface area contributed by atoms with E-state index in [2.05, 4.69) is 45.8 Å². The third-order valence-corrected chi connectivity index (χ3v) is 10.2. The largest absolute Gasteiger partial charge is 0.414 e. The highest BCUT2D eigenvalue weighted by Crippen LogP contribution is 2.44. The van der Waals surface area contributed by atoms with Crippen LogP contribution in [0.2, 0.25) is 18.1 Å². The monoisotopic (exact) mass is 364 g/mol. The quantitative estimate of drug-likeness (QED) is 0.776. The van der Waals surface area contributed by atoms with Crippen LogP contribution in [0.3, 0.4) is 0 Å². The maximum atomic E-state index is 11.2. The molecule has 2 N–H and O–H groups in total. The smallest absolute Gasteiger partial charge is 0.410 e. The highest BCUT2D eigenvalue weighted by molar-refractivity contribution is 6.74. The van der Waals surface area contributed by atoms with Gasteiger partial charge in [-0.2, -0.15) is 0 Å². The lowest BCUT2D eigenvalue weighted by molar-refractivity contribution is 0.102. The van der Waals surface area contributed by atoms with Crippen molar-refractivity contribution in [2.24, 2.45) is 11.7 Å². The van der Waals surface area contributed by atoms with Crippen LogP contribution in [0.5, 0.6) is 5.75 Å². The summed E-state index contributed by atoms with van der Waals surface area (Å²) >= 11 is 0. The molecule has 0 bridgehead atoms. The normalized spacial score (nSPS) is 24.8. The van der Waals surface area contributed by atoms with E-state index < -0.39 is 14.4 Å². The molecule has 1 fully saturated rings. The van der Waals surface area contributed by atoms with Gasteiger partial charge in [0.2, 0.25) is 0 Å². The second-order valence-corrected chi connectivity index (χ2v) is 13.6. The predicted octanol–water partition coefficient (Wildman–Crippen LogP) is 4.83. The lowest BCUT2D eigenvalue weighted by Crippen LogP contribution is -2.45. The number of carbonyl (C=O) groups excluding carboxylic acids is 1. The van der Waals surface area contributed by atoms with Gasteiger partial charge in [0.1, 0.15) is 0 Å². The standard InChI is InChI=1S/C19H32N2O3Si/c1-13-9-14(16-7-8-21-12-17(16)23-18(20)22)11-15(10-13)24-25(5,6)19(2,3)4/h7-8,12-15H,9-11H2,1-6H3,(H2,20,22). The molecule has 1 aliphatic carbocycles. The Labute approximate surface area is 152 Å². The molecule has 140 valence electrons. The van der Waals surface area contributed by atoms with Crippen LogP contribution in [0.1, 0.15) is 58.4 Å². The van der Waals surface area contributed by atoms with Crippen LogP contribution in [0.15, 0.2) is 18.5 Å². The van der Waals surface area contributed by atoms with Crippen molar-refractivity contribution in [2.45, 2.75) is 77.1 Å². The number of hydrogen-bond acceptors (Lipinski definition) is 4. The molecular weight excluding hydrogens is 332 g/mol. The number of primary amides is 1. The molecule has 3 atom stereocenters. The third-order valence-electron chi connectivity index (χ3n) is 5.63. The number of nitrogens with zero attached hydrogens (tertiary/aromatic N) is 1. The Morgan fingerprint density at radius 1 is 1.28 bits per heavy atom. The molecule has 0 saturated heterocycles. The van der Waals surface area contributed by atoms with Gasteiger partial charge in [0.25, 0.3) is 0 Å². The zero-order valence-corrected chi connectivity index (χ0v) is 17.3. The van der Waals surface area contributed by atoms with Gasteiger partial charge >= 0.3 is 6.09 Å². The summed E-state index contributed by atoms with van der Waals surface area (Å²) in [6.07, 6.45) is 5.83. The Bertz CT molecular complexity index is 613. The lowest BCUT2D eigenvalue weighted by atomic mass is 9.77.